The minimum absolute atomic E-state index is 0.316. The summed E-state index contributed by atoms with van der Waals surface area (Å²) in [6.07, 6.45) is 8.30. The molecule has 1 aliphatic rings. The van der Waals surface area contributed by atoms with Crippen LogP contribution >= 0.6 is 0 Å². The predicted octanol–water partition coefficient (Wildman–Crippen LogP) is 4.63. The lowest BCUT2D eigenvalue weighted by Gasteiger charge is -2.41. The minimum atomic E-state index is -0.443. The number of nitrogens with one attached hydrogen (secondary N) is 2. The molecule has 0 aliphatic heterocycles. The first-order chi connectivity index (χ1) is 10.6. The fourth-order valence-corrected chi connectivity index (χ4v) is 3.30. The fourth-order valence-electron chi connectivity index (χ4n) is 3.30. The summed E-state index contributed by atoms with van der Waals surface area (Å²) in [5.41, 5.74) is -0.101. The number of hydrogen-bond acceptors (Lipinski definition) is 3. The molecule has 1 saturated carbocycles. The first-order valence-electron chi connectivity index (χ1n) is 9.37. The molecule has 0 saturated heterocycles. The van der Waals surface area contributed by atoms with E-state index in [-0.39, 0.29) is 6.09 Å². The second kappa shape index (κ2) is 8.91. The molecule has 4 nitrogen and oxygen atoms in total. The number of carbonyl (C=O) groups excluding carboxylic acids is 1. The molecular formula is C19H38N2O2. The molecule has 2 atom stereocenters. The zero-order valence-corrected chi connectivity index (χ0v) is 16.1. The number of carbonyl (C=O) groups is 1. The first-order valence-corrected chi connectivity index (χ1v) is 9.37. The number of rotatable bonds is 7. The van der Waals surface area contributed by atoms with Gasteiger partial charge in [-0.1, -0.05) is 46.5 Å². The van der Waals surface area contributed by atoms with Crippen molar-refractivity contribution in [3.8, 4) is 0 Å². The van der Waals surface area contributed by atoms with Gasteiger partial charge in [0.05, 0.1) is 0 Å². The van der Waals surface area contributed by atoms with Crippen molar-refractivity contribution in [3.63, 3.8) is 0 Å². The molecule has 0 aromatic carbocycles. The van der Waals surface area contributed by atoms with E-state index in [0.717, 1.165) is 6.42 Å². The molecule has 1 amide bonds. The predicted molar refractivity (Wildman–Crippen MR) is 96.7 cm³/mol. The summed E-state index contributed by atoms with van der Waals surface area (Å²) in [6, 6.07) is 0.864. The largest absolute Gasteiger partial charge is 0.444 e. The average molecular weight is 327 g/mol. The van der Waals surface area contributed by atoms with Crippen LogP contribution in [0.5, 0.6) is 0 Å². The topological polar surface area (TPSA) is 50.4 Å². The van der Waals surface area contributed by atoms with E-state index in [1.807, 2.05) is 20.8 Å². The average Bonchev–Trinajstić information content (AvgIpc) is 2.41. The van der Waals surface area contributed by atoms with Crippen LogP contribution in [0, 0.1) is 5.41 Å². The van der Waals surface area contributed by atoms with Crippen LogP contribution in [0.15, 0.2) is 0 Å². The van der Waals surface area contributed by atoms with Crippen molar-refractivity contribution < 1.29 is 9.53 Å². The van der Waals surface area contributed by atoms with Gasteiger partial charge in [0.1, 0.15) is 5.60 Å². The third kappa shape index (κ3) is 8.05. The van der Waals surface area contributed by atoms with Gasteiger partial charge in [-0.15, -0.1) is 0 Å². The highest BCUT2D eigenvalue weighted by atomic mass is 16.6. The lowest BCUT2D eigenvalue weighted by atomic mass is 9.73. The SMILES string of the molecule is CCCCC(CNC(=O)OC(C)(C)C)NC1CCCCC1(C)C. The Morgan fingerprint density at radius 3 is 2.57 bits per heavy atom. The summed E-state index contributed by atoms with van der Waals surface area (Å²) >= 11 is 0. The highest BCUT2D eigenvalue weighted by Gasteiger charge is 2.33. The second-order valence-electron chi connectivity index (χ2n) is 8.68. The van der Waals surface area contributed by atoms with Gasteiger partial charge >= 0.3 is 6.09 Å². The number of ether oxygens (including phenoxy) is 1. The number of amides is 1. The van der Waals surface area contributed by atoms with Gasteiger partial charge in [0.2, 0.25) is 0 Å². The summed E-state index contributed by atoms with van der Waals surface area (Å²) in [5.74, 6) is 0. The second-order valence-corrected chi connectivity index (χ2v) is 8.68. The van der Waals surface area contributed by atoms with Crippen LogP contribution in [0.3, 0.4) is 0 Å². The molecule has 0 bridgehead atoms. The van der Waals surface area contributed by atoms with Gasteiger partial charge in [0, 0.05) is 18.6 Å². The Bertz CT molecular complexity index is 361. The van der Waals surface area contributed by atoms with Crippen LogP contribution in [-0.2, 0) is 4.74 Å². The van der Waals surface area contributed by atoms with E-state index >= 15 is 0 Å². The van der Waals surface area contributed by atoms with Crippen molar-refractivity contribution in [3.05, 3.63) is 0 Å². The van der Waals surface area contributed by atoms with Crippen molar-refractivity contribution in [2.75, 3.05) is 6.54 Å². The third-order valence-electron chi connectivity index (χ3n) is 4.74. The Labute approximate surface area is 143 Å². The van der Waals surface area contributed by atoms with Crippen molar-refractivity contribution in [1.29, 1.82) is 0 Å². The Kier molecular flexibility index (Phi) is 7.85. The van der Waals surface area contributed by atoms with E-state index in [0.29, 0.717) is 24.0 Å². The van der Waals surface area contributed by atoms with Crippen LogP contribution in [0.1, 0.15) is 86.5 Å². The quantitative estimate of drug-likeness (QED) is 0.717. The fraction of sp³-hybridized carbons (Fsp3) is 0.947. The zero-order chi connectivity index (χ0) is 17.5. The molecule has 1 fully saturated rings. The molecular weight excluding hydrogens is 288 g/mol. The molecule has 0 radical (unpaired) electrons. The summed E-state index contributed by atoms with van der Waals surface area (Å²) in [6.45, 7) is 13.3. The molecule has 1 rings (SSSR count). The van der Waals surface area contributed by atoms with Gasteiger partial charge in [-0.05, 0) is 45.4 Å². The Morgan fingerprint density at radius 1 is 1.30 bits per heavy atom. The molecule has 0 aromatic heterocycles. The van der Waals surface area contributed by atoms with Crippen LogP contribution in [0.25, 0.3) is 0 Å². The van der Waals surface area contributed by atoms with Crippen molar-refractivity contribution >= 4 is 6.09 Å². The van der Waals surface area contributed by atoms with Crippen LogP contribution in [-0.4, -0.2) is 30.3 Å². The van der Waals surface area contributed by atoms with Gasteiger partial charge < -0.3 is 15.4 Å². The van der Waals surface area contributed by atoms with Crippen LogP contribution < -0.4 is 10.6 Å². The van der Waals surface area contributed by atoms with Crippen LogP contribution in [0.2, 0.25) is 0 Å². The lowest BCUT2D eigenvalue weighted by molar-refractivity contribution is 0.0517. The van der Waals surface area contributed by atoms with Gasteiger partial charge in [0.25, 0.3) is 0 Å². The van der Waals surface area contributed by atoms with Crippen LogP contribution in [0.4, 0.5) is 4.79 Å². The molecule has 4 heteroatoms. The number of alkyl carbamates (subject to hydrolysis) is 1. The maximum Gasteiger partial charge on any atom is 0.407 e. The Morgan fingerprint density at radius 2 is 2.00 bits per heavy atom. The van der Waals surface area contributed by atoms with Gasteiger partial charge in [-0.25, -0.2) is 4.79 Å². The Hall–Kier alpha value is -0.770. The van der Waals surface area contributed by atoms with E-state index in [1.165, 1.54) is 38.5 Å². The van der Waals surface area contributed by atoms with Gasteiger partial charge in [0.15, 0.2) is 0 Å². The first kappa shape index (κ1) is 20.3. The summed E-state index contributed by atoms with van der Waals surface area (Å²) in [7, 11) is 0. The van der Waals surface area contributed by atoms with Crippen molar-refractivity contribution in [1.82, 2.24) is 10.6 Å². The molecule has 136 valence electrons. The summed E-state index contributed by atoms with van der Waals surface area (Å²) < 4.78 is 5.35. The van der Waals surface area contributed by atoms with Gasteiger partial charge in [-0.2, -0.15) is 0 Å². The molecule has 1 aliphatic carbocycles. The van der Waals surface area contributed by atoms with E-state index in [1.54, 1.807) is 0 Å². The smallest absolute Gasteiger partial charge is 0.407 e. The standard InChI is InChI=1S/C19H38N2O2/c1-7-8-11-15(14-20-17(22)23-18(2,3)4)21-16-12-9-10-13-19(16,5)6/h15-16,21H,7-14H2,1-6H3,(H,20,22). The highest BCUT2D eigenvalue weighted by molar-refractivity contribution is 5.67. The molecule has 0 aromatic rings. The summed E-state index contributed by atoms with van der Waals surface area (Å²) in [5, 5.41) is 6.77. The minimum Gasteiger partial charge on any atom is -0.444 e. The Balaban J connectivity index is 2.53. The normalized spacial score (nSPS) is 22.4. The summed E-state index contributed by atoms with van der Waals surface area (Å²) in [4.78, 5) is 11.9. The van der Waals surface area contributed by atoms with E-state index in [2.05, 4.69) is 31.4 Å². The van der Waals surface area contributed by atoms with Crippen molar-refractivity contribution in [2.45, 2.75) is 104 Å². The number of unbranched alkanes of at least 4 members (excludes halogenated alkanes) is 1. The monoisotopic (exact) mass is 326 g/mol. The van der Waals surface area contributed by atoms with Crippen molar-refractivity contribution in [2.24, 2.45) is 5.41 Å². The zero-order valence-electron chi connectivity index (χ0n) is 16.1. The maximum atomic E-state index is 11.9. The molecule has 0 heterocycles. The highest BCUT2D eigenvalue weighted by Crippen LogP contribution is 2.35. The number of hydrogen-bond donors (Lipinski definition) is 2. The third-order valence-corrected chi connectivity index (χ3v) is 4.74. The maximum absolute atomic E-state index is 11.9. The van der Waals surface area contributed by atoms with Gasteiger partial charge in [-0.3, -0.25) is 0 Å². The molecule has 2 N–H and O–H groups in total. The van der Waals surface area contributed by atoms with E-state index in [4.69, 9.17) is 4.74 Å². The molecule has 23 heavy (non-hydrogen) atoms. The molecule has 0 spiro atoms. The van der Waals surface area contributed by atoms with E-state index < -0.39 is 5.60 Å². The van der Waals surface area contributed by atoms with E-state index in [9.17, 15) is 4.79 Å². The lowest BCUT2D eigenvalue weighted by Crippen LogP contribution is -2.52. The molecule has 2 unspecified atom stereocenters.